The van der Waals surface area contributed by atoms with Crippen molar-refractivity contribution < 1.29 is 0 Å². The summed E-state index contributed by atoms with van der Waals surface area (Å²) in [4.78, 5) is 10.6. The molecule has 2 aliphatic heterocycles. The summed E-state index contributed by atoms with van der Waals surface area (Å²) in [6, 6.07) is 96.6. The number of fused-ring (bicyclic) bond motifs is 6. The molecular weight excluding hydrogens is 937 g/mol. The van der Waals surface area contributed by atoms with Crippen LogP contribution in [0.1, 0.15) is 6.92 Å². The van der Waals surface area contributed by atoms with E-state index in [-0.39, 0.29) is 0 Å². The Morgan fingerprint density at radius 2 is 0.773 bits per heavy atom. The number of allylic oxidation sites excluding steroid dienone is 5. The molecule has 4 heteroatoms. The molecule has 0 saturated carbocycles. The highest BCUT2D eigenvalue weighted by atomic mass is 28.3. The van der Waals surface area contributed by atoms with E-state index in [9.17, 15) is 0 Å². The van der Waals surface area contributed by atoms with E-state index in [4.69, 9.17) is 9.97 Å². The first-order valence-corrected chi connectivity index (χ1v) is 29.8. The van der Waals surface area contributed by atoms with Crippen LogP contribution in [0.25, 0.3) is 78.4 Å². The van der Waals surface area contributed by atoms with Crippen LogP contribution < -0.4 is 36.3 Å². The summed E-state index contributed by atoms with van der Waals surface area (Å²) in [6.07, 6.45) is 8.33. The maximum Gasteiger partial charge on any atom is 0.180 e. The lowest BCUT2D eigenvalue weighted by atomic mass is 9.92. The third-order valence-corrected chi connectivity index (χ3v) is 25.5. The van der Waals surface area contributed by atoms with Crippen molar-refractivity contribution in [3.8, 4) is 78.4 Å². The molecule has 2 aliphatic rings. The van der Waals surface area contributed by atoms with Crippen LogP contribution in [-0.4, -0.2) is 26.1 Å². The number of hydrogen-bond donors (Lipinski definition) is 0. The van der Waals surface area contributed by atoms with Gasteiger partial charge in [0.15, 0.2) is 22.0 Å². The Hall–Kier alpha value is -9.07. The van der Waals surface area contributed by atoms with Gasteiger partial charge in [0, 0.05) is 16.7 Å². The van der Waals surface area contributed by atoms with Gasteiger partial charge in [0.2, 0.25) is 0 Å². The lowest BCUT2D eigenvalue weighted by Crippen LogP contribution is -2.72. The Kier molecular flexibility index (Phi) is 11.6. The summed E-state index contributed by atoms with van der Waals surface area (Å²) in [5.41, 5.74) is 14.6. The molecule has 0 N–H and O–H groups in total. The molecule has 3 heterocycles. The molecule has 0 bridgehead atoms. The van der Waals surface area contributed by atoms with Crippen molar-refractivity contribution in [3.63, 3.8) is 0 Å². The molecule has 75 heavy (non-hydrogen) atoms. The minimum absolute atomic E-state index is 0.693. The molecule has 0 aliphatic carbocycles. The van der Waals surface area contributed by atoms with Gasteiger partial charge in [0.05, 0.1) is 11.4 Å². The van der Waals surface area contributed by atoms with Crippen LogP contribution in [0.5, 0.6) is 0 Å². The predicted molar refractivity (Wildman–Crippen MR) is 321 cm³/mol. The fraction of sp³-hybridized carbons (Fsp3) is 0.0141. The highest BCUT2D eigenvalue weighted by molar-refractivity contribution is 7.22. The number of benzene rings is 10. The molecule has 2 nitrogen and oxygen atoms in total. The second kappa shape index (κ2) is 19.1. The van der Waals surface area contributed by atoms with Crippen LogP contribution in [0, 0.1) is 0 Å². The Morgan fingerprint density at radius 3 is 1.36 bits per heavy atom. The maximum absolute atomic E-state index is 5.42. The molecule has 0 amide bonds. The van der Waals surface area contributed by atoms with Gasteiger partial charge in [-0.05, 0) is 124 Å². The van der Waals surface area contributed by atoms with E-state index in [1.807, 2.05) is 18.2 Å². The first kappa shape index (κ1) is 45.8. The summed E-state index contributed by atoms with van der Waals surface area (Å²) in [5.74, 6) is 0.693. The van der Waals surface area contributed by atoms with Gasteiger partial charge in [0.1, 0.15) is 0 Å². The Labute approximate surface area is 442 Å². The van der Waals surface area contributed by atoms with E-state index in [0.29, 0.717) is 5.82 Å². The minimum Gasteiger partial charge on any atom is -0.228 e. The topological polar surface area (TPSA) is 25.8 Å². The Morgan fingerprint density at radius 1 is 0.347 bits per heavy atom. The first-order chi connectivity index (χ1) is 37.0. The van der Waals surface area contributed by atoms with Crippen molar-refractivity contribution in [2.75, 3.05) is 0 Å². The second-order valence-corrected chi connectivity index (χ2v) is 27.3. The van der Waals surface area contributed by atoms with Gasteiger partial charge < -0.3 is 0 Å². The lowest BCUT2D eigenvalue weighted by molar-refractivity contribution is 1.18. The number of rotatable bonds is 11. The quantitative estimate of drug-likeness (QED) is 0.0953. The van der Waals surface area contributed by atoms with E-state index < -0.39 is 16.1 Å². The average Bonchev–Trinajstić information content (AvgIpc) is 3.98. The van der Waals surface area contributed by atoms with Crippen molar-refractivity contribution in [3.05, 3.63) is 297 Å². The number of nitrogens with zero attached hydrogens (tertiary/aromatic N) is 2. The molecule has 354 valence electrons. The molecule has 0 saturated heterocycles. The van der Waals surface area contributed by atoms with Gasteiger partial charge >= 0.3 is 0 Å². The zero-order valence-corrected chi connectivity index (χ0v) is 43.7. The van der Waals surface area contributed by atoms with Crippen molar-refractivity contribution in [1.82, 2.24) is 9.97 Å². The van der Waals surface area contributed by atoms with Crippen molar-refractivity contribution >= 4 is 52.5 Å². The minimum atomic E-state index is -2.67. The Bertz CT molecular complexity index is 3920. The van der Waals surface area contributed by atoms with Crippen LogP contribution >= 0.6 is 0 Å². The molecule has 1 aromatic heterocycles. The number of hydrogen-bond acceptors (Lipinski definition) is 2. The third kappa shape index (κ3) is 7.60. The molecule has 1 atom stereocenters. The standard InChI is InChI=1S/C71H52N2Si2/c1-3-4-10-25-50(2)74(58-30-15-7-16-31-58)67-38-23-21-36-61(67)63-47-53(40-42-69(63)74)55-44-56(46-57(45-55)66-49-65(51-26-11-5-12-27-51)72-71(73-66)52-28-13-6-14-29-52)54-41-43-70-64(48-54)62-37-22-24-39-68(62)75(70,59-32-17-8-18-33-59)60-34-19-9-20-35-60/h3-49H,1H2,2H3/b10-4-,50-25+. The van der Waals surface area contributed by atoms with Crippen LogP contribution in [0.15, 0.2) is 297 Å². The largest absolute Gasteiger partial charge is 0.228 e. The number of aromatic nitrogens is 2. The molecule has 0 radical (unpaired) electrons. The van der Waals surface area contributed by atoms with Crippen LogP contribution in [0.4, 0.5) is 0 Å². The SMILES string of the molecule is C=C/C=C\C=C(/C)[Si]1(c2ccccc2)c2ccccc2-c2cc(-c3cc(-c4ccc5c(c4)-c4ccccc4[Si]5(c4ccccc4)c4ccccc4)cc(-c4cc(-c5ccccc5)nc(-c5ccccc5)n4)c3)ccc21. The summed E-state index contributed by atoms with van der Waals surface area (Å²) >= 11 is 0. The van der Waals surface area contributed by atoms with Crippen molar-refractivity contribution in [1.29, 1.82) is 0 Å². The normalized spacial score (nSPS) is 15.0. The van der Waals surface area contributed by atoms with Crippen molar-refractivity contribution in [2.45, 2.75) is 6.92 Å². The fourth-order valence-corrected chi connectivity index (χ4v) is 22.7. The van der Waals surface area contributed by atoms with Gasteiger partial charge in [-0.3, -0.25) is 0 Å². The smallest absolute Gasteiger partial charge is 0.180 e. The average molecular weight is 989 g/mol. The summed E-state index contributed by atoms with van der Waals surface area (Å²) < 4.78 is 0. The monoisotopic (exact) mass is 988 g/mol. The van der Waals surface area contributed by atoms with Crippen LogP contribution in [0.3, 0.4) is 0 Å². The zero-order chi connectivity index (χ0) is 50.3. The van der Waals surface area contributed by atoms with E-state index in [0.717, 1.165) is 50.3 Å². The second-order valence-electron chi connectivity index (χ2n) is 19.7. The summed E-state index contributed by atoms with van der Waals surface area (Å²) in [6.45, 7) is 6.30. The molecule has 10 aromatic carbocycles. The molecule has 0 fully saturated rings. The predicted octanol–water partition coefficient (Wildman–Crippen LogP) is 12.8. The van der Waals surface area contributed by atoms with Crippen LogP contribution in [-0.2, 0) is 0 Å². The zero-order valence-electron chi connectivity index (χ0n) is 41.7. The first-order valence-electron chi connectivity index (χ1n) is 25.8. The molecule has 0 spiro atoms. The van der Waals surface area contributed by atoms with Gasteiger partial charge in [-0.2, -0.15) is 0 Å². The van der Waals surface area contributed by atoms with Crippen LogP contribution in [0.2, 0.25) is 0 Å². The summed E-state index contributed by atoms with van der Waals surface area (Å²) in [7, 11) is -5.34. The molecule has 11 aromatic rings. The fourth-order valence-electron chi connectivity index (χ4n) is 12.3. The third-order valence-electron chi connectivity index (χ3n) is 15.6. The van der Waals surface area contributed by atoms with E-state index >= 15 is 0 Å². The molecule has 13 rings (SSSR count). The molecular formula is C71H52N2Si2. The van der Waals surface area contributed by atoms with E-state index in [1.54, 1.807) is 0 Å². The van der Waals surface area contributed by atoms with E-state index in [2.05, 4.69) is 280 Å². The lowest BCUT2D eigenvalue weighted by Gasteiger charge is -2.31. The highest BCUT2D eigenvalue weighted by Crippen LogP contribution is 2.40. The van der Waals surface area contributed by atoms with Gasteiger partial charge in [0.25, 0.3) is 0 Å². The van der Waals surface area contributed by atoms with Crippen molar-refractivity contribution in [2.24, 2.45) is 0 Å². The van der Waals surface area contributed by atoms with E-state index in [1.165, 1.54) is 63.8 Å². The highest BCUT2D eigenvalue weighted by Gasteiger charge is 2.50. The summed E-state index contributed by atoms with van der Waals surface area (Å²) in [5, 5.41) is 11.2. The van der Waals surface area contributed by atoms with Gasteiger partial charge in [-0.1, -0.05) is 261 Å². The Balaban J connectivity index is 1.05. The maximum atomic E-state index is 5.42. The molecule has 1 unspecified atom stereocenters. The van der Waals surface area contributed by atoms with Gasteiger partial charge in [-0.15, -0.1) is 0 Å². The van der Waals surface area contributed by atoms with Gasteiger partial charge in [-0.25, -0.2) is 9.97 Å².